The van der Waals surface area contributed by atoms with E-state index < -0.39 is 23.0 Å². The Morgan fingerprint density at radius 3 is 2.60 bits per heavy atom. The van der Waals surface area contributed by atoms with Gasteiger partial charge in [-0.15, -0.1) is 0 Å². The molecule has 0 unspecified atom stereocenters. The monoisotopic (exact) mass is 217 g/mol. The average Bonchev–Trinajstić information content (AvgIpc) is 2.17. The SMILES string of the molecule is Cc1ccc(C(F)(F)CO)cc1[N+](=O)[O-]. The summed E-state index contributed by atoms with van der Waals surface area (Å²) in [5.41, 5.74) is -0.625. The van der Waals surface area contributed by atoms with Crippen LogP contribution in [-0.4, -0.2) is 16.6 Å². The lowest BCUT2D eigenvalue weighted by molar-refractivity contribution is -0.385. The predicted octanol–water partition coefficient (Wildman–Crippen LogP) is 1.99. The Bertz CT molecular complexity index is 393. The van der Waals surface area contributed by atoms with E-state index in [-0.39, 0.29) is 5.69 Å². The fourth-order valence-corrected chi connectivity index (χ4v) is 1.12. The van der Waals surface area contributed by atoms with Crippen LogP contribution in [0.1, 0.15) is 11.1 Å². The predicted molar refractivity (Wildman–Crippen MR) is 48.8 cm³/mol. The molecular formula is C9H9F2NO3. The largest absolute Gasteiger partial charge is 0.390 e. The van der Waals surface area contributed by atoms with Crippen molar-refractivity contribution in [3.63, 3.8) is 0 Å². The van der Waals surface area contributed by atoms with E-state index in [0.717, 1.165) is 12.1 Å². The van der Waals surface area contributed by atoms with E-state index >= 15 is 0 Å². The molecule has 0 aliphatic carbocycles. The lowest BCUT2D eigenvalue weighted by Gasteiger charge is -2.13. The Balaban J connectivity index is 3.25. The van der Waals surface area contributed by atoms with Crippen LogP contribution < -0.4 is 0 Å². The maximum absolute atomic E-state index is 13.0. The molecule has 0 radical (unpaired) electrons. The number of aliphatic hydroxyl groups excluding tert-OH is 1. The maximum atomic E-state index is 13.0. The highest BCUT2D eigenvalue weighted by atomic mass is 19.3. The summed E-state index contributed by atoms with van der Waals surface area (Å²) in [4.78, 5) is 9.76. The first kappa shape index (κ1) is 11.5. The molecule has 0 bridgehead atoms. The van der Waals surface area contributed by atoms with E-state index in [2.05, 4.69) is 0 Å². The normalized spacial score (nSPS) is 11.5. The molecule has 0 aliphatic heterocycles. The molecule has 0 amide bonds. The van der Waals surface area contributed by atoms with Gasteiger partial charge in [0.2, 0.25) is 0 Å². The van der Waals surface area contributed by atoms with Crippen molar-refractivity contribution < 1.29 is 18.8 Å². The number of nitrogens with zero attached hydrogens (tertiary/aromatic N) is 1. The van der Waals surface area contributed by atoms with Gasteiger partial charge >= 0.3 is 0 Å². The number of hydrogen-bond donors (Lipinski definition) is 1. The van der Waals surface area contributed by atoms with Gasteiger partial charge in [-0.05, 0) is 6.92 Å². The summed E-state index contributed by atoms with van der Waals surface area (Å²) < 4.78 is 26.0. The summed E-state index contributed by atoms with van der Waals surface area (Å²) in [6, 6.07) is 3.08. The first-order valence-electron chi connectivity index (χ1n) is 4.12. The van der Waals surface area contributed by atoms with Crippen molar-refractivity contribution in [1.29, 1.82) is 0 Å². The van der Waals surface area contributed by atoms with E-state index in [9.17, 15) is 18.9 Å². The van der Waals surface area contributed by atoms with Gasteiger partial charge in [-0.3, -0.25) is 10.1 Å². The molecule has 0 spiro atoms. The number of nitro benzene ring substituents is 1. The first-order chi connectivity index (χ1) is 6.88. The molecule has 0 saturated heterocycles. The molecule has 82 valence electrons. The van der Waals surface area contributed by atoms with Crippen LogP contribution in [0, 0.1) is 17.0 Å². The van der Waals surface area contributed by atoms with Crippen molar-refractivity contribution in [3.05, 3.63) is 39.4 Å². The molecule has 1 aromatic carbocycles. The summed E-state index contributed by atoms with van der Waals surface area (Å²) in [7, 11) is 0. The van der Waals surface area contributed by atoms with Gasteiger partial charge in [0.1, 0.15) is 6.61 Å². The number of alkyl halides is 2. The summed E-state index contributed by atoms with van der Waals surface area (Å²) in [5.74, 6) is -3.45. The molecule has 0 aliphatic rings. The Hall–Kier alpha value is -1.56. The van der Waals surface area contributed by atoms with Crippen molar-refractivity contribution in [3.8, 4) is 0 Å². The molecule has 6 heteroatoms. The second kappa shape index (κ2) is 3.90. The van der Waals surface area contributed by atoms with E-state index in [0.29, 0.717) is 5.56 Å². The zero-order chi connectivity index (χ0) is 11.6. The molecule has 0 heterocycles. The first-order valence-corrected chi connectivity index (χ1v) is 4.12. The van der Waals surface area contributed by atoms with Gasteiger partial charge in [0.25, 0.3) is 11.6 Å². The van der Waals surface area contributed by atoms with Crippen LogP contribution in [0.3, 0.4) is 0 Å². The average molecular weight is 217 g/mol. The highest BCUT2D eigenvalue weighted by molar-refractivity contribution is 5.43. The number of rotatable bonds is 3. The number of aryl methyl sites for hydroxylation is 1. The topological polar surface area (TPSA) is 63.4 Å². The lowest BCUT2D eigenvalue weighted by Crippen LogP contribution is -2.18. The fraction of sp³-hybridized carbons (Fsp3) is 0.333. The van der Waals surface area contributed by atoms with Crippen molar-refractivity contribution in [2.45, 2.75) is 12.8 Å². The second-order valence-electron chi connectivity index (χ2n) is 3.12. The molecular weight excluding hydrogens is 208 g/mol. The van der Waals surface area contributed by atoms with E-state index in [1.165, 1.54) is 13.0 Å². The molecule has 15 heavy (non-hydrogen) atoms. The highest BCUT2D eigenvalue weighted by Crippen LogP contribution is 2.31. The van der Waals surface area contributed by atoms with E-state index in [1.807, 2.05) is 0 Å². The third-order valence-corrected chi connectivity index (χ3v) is 2.03. The third-order valence-electron chi connectivity index (χ3n) is 2.03. The van der Waals surface area contributed by atoms with Gasteiger partial charge < -0.3 is 5.11 Å². The van der Waals surface area contributed by atoms with Crippen molar-refractivity contribution >= 4 is 5.69 Å². The zero-order valence-electron chi connectivity index (χ0n) is 7.91. The Morgan fingerprint density at radius 2 is 2.13 bits per heavy atom. The molecule has 0 atom stereocenters. The minimum absolute atomic E-state index is 0.303. The van der Waals surface area contributed by atoms with Crippen molar-refractivity contribution in [2.24, 2.45) is 0 Å². The lowest BCUT2D eigenvalue weighted by atomic mass is 10.1. The molecule has 0 saturated carbocycles. The molecule has 0 aromatic heterocycles. The summed E-state index contributed by atoms with van der Waals surface area (Å²) in [5, 5.41) is 18.9. The number of nitro groups is 1. The fourth-order valence-electron chi connectivity index (χ4n) is 1.12. The van der Waals surface area contributed by atoms with Gasteiger partial charge in [-0.1, -0.05) is 12.1 Å². The van der Waals surface area contributed by atoms with Crippen molar-refractivity contribution in [2.75, 3.05) is 6.61 Å². The number of aliphatic hydroxyl groups is 1. The van der Waals surface area contributed by atoms with Crippen LogP contribution in [0.5, 0.6) is 0 Å². The highest BCUT2D eigenvalue weighted by Gasteiger charge is 2.32. The second-order valence-corrected chi connectivity index (χ2v) is 3.12. The summed E-state index contributed by atoms with van der Waals surface area (Å²) >= 11 is 0. The quantitative estimate of drug-likeness (QED) is 0.622. The molecule has 1 aromatic rings. The molecule has 4 nitrogen and oxygen atoms in total. The van der Waals surface area contributed by atoms with E-state index in [1.54, 1.807) is 0 Å². The zero-order valence-corrected chi connectivity index (χ0v) is 7.91. The smallest absolute Gasteiger partial charge is 0.296 e. The summed E-state index contributed by atoms with van der Waals surface area (Å²) in [6.07, 6.45) is 0. The van der Waals surface area contributed by atoms with Crippen LogP contribution in [0.25, 0.3) is 0 Å². The Morgan fingerprint density at radius 1 is 1.53 bits per heavy atom. The van der Waals surface area contributed by atoms with Crippen LogP contribution in [0.4, 0.5) is 14.5 Å². The Kier molecular flexibility index (Phi) is 2.99. The van der Waals surface area contributed by atoms with Gasteiger partial charge in [0.15, 0.2) is 0 Å². The number of benzene rings is 1. The molecule has 0 fully saturated rings. The summed E-state index contributed by atoms with van der Waals surface area (Å²) in [6.45, 7) is 0.0895. The van der Waals surface area contributed by atoms with Gasteiger partial charge in [0.05, 0.1) is 4.92 Å². The number of halogens is 2. The maximum Gasteiger partial charge on any atom is 0.296 e. The van der Waals surface area contributed by atoms with Gasteiger partial charge in [-0.25, -0.2) is 0 Å². The van der Waals surface area contributed by atoms with Crippen LogP contribution >= 0.6 is 0 Å². The van der Waals surface area contributed by atoms with Crippen LogP contribution in [-0.2, 0) is 5.92 Å². The van der Waals surface area contributed by atoms with Gasteiger partial charge in [0, 0.05) is 17.2 Å². The van der Waals surface area contributed by atoms with Crippen LogP contribution in [0.2, 0.25) is 0 Å². The van der Waals surface area contributed by atoms with E-state index in [4.69, 9.17) is 5.11 Å². The molecule has 1 rings (SSSR count). The molecule has 1 N–H and O–H groups in total. The minimum Gasteiger partial charge on any atom is -0.390 e. The van der Waals surface area contributed by atoms with Crippen molar-refractivity contribution in [1.82, 2.24) is 0 Å². The third kappa shape index (κ3) is 2.27. The number of hydrogen-bond acceptors (Lipinski definition) is 3. The standard InChI is InChI=1S/C9H9F2NO3/c1-6-2-3-7(9(10,11)5-13)4-8(6)12(14)15/h2-4,13H,5H2,1H3. The van der Waals surface area contributed by atoms with Gasteiger partial charge in [-0.2, -0.15) is 8.78 Å². The minimum atomic E-state index is -3.45. The Labute approximate surface area is 84.3 Å². The van der Waals surface area contributed by atoms with Crippen LogP contribution in [0.15, 0.2) is 18.2 Å².